The van der Waals surface area contributed by atoms with Crippen molar-refractivity contribution in [2.45, 2.75) is 0 Å². The molecule has 0 fully saturated rings. The molecule has 0 saturated carbocycles. The number of hydrogen-bond donors (Lipinski definition) is 1. The van der Waals surface area contributed by atoms with Crippen LogP contribution in [0.15, 0.2) is 77.2 Å². The van der Waals surface area contributed by atoms with Gasteiger partial charge in [0.15, 0.2) is 5.58 Å². The lowest BCUT2D eigenvalue weighted by Gasteiger charge is -2.13. The molecule has 1 amide bonds. The van der Waals surface area contributed by atoms with Crippen LogP contribution >= 0.6 is 0 Å². The number of rotatable bonds is 4. The third-order valence-corrected chi connectivity index (χ3v) is 4.35. The van der Waals surface area contributed by atoms with E-state index in [1.54, 1.807) is 0 Å². The van der Waals surface area contributed by atoms with E-state index in [1.807, 2.05) is 91.8 Å². The van der Waals surface area contributed by atoms with Crippen LogP contribution in [0.5, 0.6) is 0 Å². The fourth-order valence-corrected chi connectivity index (χ4v) is 2.87. The van der Waals surface area contributed by atoms with Gasteiger partial charge in [-0.25, -0.2) is 4.98 Å². The Hall–Kier alpha value is -3.60. The first-order chi connectivity index (χ1) is 13.1. The number of para-hydroxylation sites is 3. The van der Waals surface area contributed by atoms with Crippen molar-refractivity contribution in [2.24, 2.45) is 0 Å². The van der Waals surface area contributed by atoms with E-state index in [-0.39, 0.29) is 5.91 Å². The first-order valence-corrected chi connectivity index (χ1v) is 8.65. The molecule has 0 atom stereocenters. The van der Waals surface area contributed by atoms with Gasteiger partial charge >= 0.3 is 0 Å². The second-order valence-electron chi connectivity index (χ2n) is 6.43. The highest BCUT2D eigenvalue weighted by Gasteiger charge is 2.14. The van der Waals surface area contributed by atoms with Crippen molar-refractivity contribution in [1.82, 2.24) is 4.98 Å². The summed E-state index contributed by atoms with van der Waals surface area (Å²) in [5.41, 5.74) is 4.53. The number of hydrogen-bond acceptors (Lipinski definition) is 4. The van der Waals surface area contributed by atoms with E-state index in [1.165, 1.54) is 0 Å². The molecule has 0 unspecified atom stereocenters. The molecule has 1 N–H and O–H groups in total. The highest BCUT2D eigenvalue weighted by Crippen LogP contribution is 2.30. The van der Waals surface area contributed by atoms with Crippen LogP contribution in [0.2, 0.25) is 0 Å². The SMILES string of the molecule is CN(C)c1ccc(C(=O)Nc2ccccc2-c2nc3ccccc3o2)cc1. The summed E-state index contributed by atoms with van der Waals surface area (Å²) in [6.45, 7) is 0. The predicted molar refractivity (Wildman–Crippen MR) is 108 cm³/mol. The first kappa shape index (κ1) is 16.8. The van der Waals surface area contributed by atoms with Crippen LogP contribution in [0.25, 0.3) is 22.6 Å². The molecule has 0 aliphatic carbocycles. The quantitative estimate of drug-likeness (QED) is 0.569. The highest BCUT2D eigenvalue weighted by molar-refractivity contribution is 6.06. The number of nitrogens with one attached hydrogen (secondary N) is 1. The maximum atomic E-state index is 12.7. The van der Waals surface area contributed by atoms with Crippen LogP contribution in [0, 0.1) is 0 Å². The lowest BCUT2D eigenvalue weighted by Crippen LogP contribution is -2.13. The molecule has 5 heteroatoms. The smallest absolute Gasteiger partial charge is 0.255 e. The Labute approximate surface area is 157 Å². The summed E-state index contributed by atoms with van der Waals surface area (Å²) in [5, 5.41) is 2.97. The minimum atomic E-state index is -0.177. The Morgan fingerprint density at radius 1 is 0.926 bits per heavy atom. The van der Waals surface area contributed by atoms with Gasteiger partial charge in [0, 0.05) is 25.3 Å². The Morgan fingerprint density at radius 2 is 1.63 bits per heavy atom. The summed E-state index contributed by atoms with van der Waals surface area (Å²) in [4.78, 5) is 19.2. The van der Waals surface area contributed by atoms with E-state index in [4.69, 9.17) is 4.42 Å². The van der Waals surface area contributed by atoms with Crippen LogP contribution in [-0.2, 0) is 0 Å². The topological polar surface area (TPSA) is 58.4 Å². The molecule has 0 aliphatic heterocycles. The predicted octanol–water partition coefficient (Wildman–Crippen LogP) is 4.81. The molecule has 1 aromatic heterocycles. The lowest BCUT2D eigenvalue weighted by molar-refractivity contribution is 0.102. The Morgan fingerprint density at radius 3 is 2.37 bits per heavy atom. The van der Waals surface area contributed by atoms with Gasteiger partial charge in [0.2, 0.25) is 5.89 Å². The maximum absolute atomic E-state index is 12.7. The van der Waals surface area contributed by atoms with Crippen LogP contribution in [-0.4, -0.2) is 25.0 Å². The van der Waals surface area contributed by atoms with Gasteiger partial charge in [0.1, 0.15) is 5.52 Å². The molecule has 27 heavy (non-hydrogen) atoms. The molecule has 4 aromatic rings. The summed E-state index contributed by atoms with van der Waals surface area (Å²) < 4.78 is 5.86. The Kier molecular flexibility index (Phi) is 4.34. The minimum Gasteiger partial charge on any atom is -0.436 e. The van der Waals surface area contributed by atoms with Gasteiger partial charge in [-0.05, 0) is 48.5 Å². The summed E-state index contributed by atoms with van der Waals surface area (Å²) in [6.07, 6.45) is 0. The van der Waals surface area contributed by atoms with Crippen molar-refractivity contribution in [3.63, 3.8) is 0 Å². The third-order valence-electron chi connectivity index (χ3n) is 4.35. The number of oxazole rings is 1. The molecule has 0 spiro atoms. The van der Waals surface area contributed by atoms with Crippen LogP contribution in [0.3, 0.4) is 0 Å². The Bertz CT molecular complexity index is 1060. The number of anilines is 2. The zero-order chi connectivity index (χ0) is 18.8. The van der Waals surface area contributed by atoms with Gasteiger partial charge in [-0.2, -0.15) is 0 Å². The average Bonchev–Trinajstić information content (AvgIpc) is 3.12. The summed E-state index contributed by atoms with van der Waals surface area (Å²) in [5.74, 6) is 0.305. The summed E-state index contributed by atoms with van der Waals surface area (Å²) in [7, 11) is 3.93. The highest BCUT2D eigenvalue weighted by atomic mass is 16.3. The van der Waals surface area contributed by atoms with E-state index in [0.29, 0.717) is 22.7 Å². The Balaban J connectivity index is 1.64. The van der Waals surface area contributed by atoms with Crippen molar-refractivity contribution in [3.05, 3.63) is 78.4 Å². The fraction of sp³-hybridized carbons (Fsp3) is 0.0909. The van der Waals surface area contributed by atoms with Gasteiger partial charge in [0.05, 0.1) is 11.3 Å². The second-order valence-corrected chi connectivity index (χ2v) is 6.43. The third kappa shape index (κ3) is 3.40. The molecule has 0 bridgehead atoms. The molecular formula is C22H19N3O2. The largest absolute Gasteiger partial charge is 0.436 e. The number of aromatic nitrogens is 1. The number of amides is 1. The molecule has 3 aromatic carbocycles. The van der Waals surface area contributed by atoms with E-state index in [0.717, 1.165) is 16.8 Å². The number of benzene rings is 3. The number of fused-ring (bicyclic) bond motifs is 1. The number of carbonyl (C=O) groups excluding carboxylic acids is 1. The number of carbonyl (C=O) groups is 1. The lowest BCUT2D eigenvalue weighted by atomic mass is 10.1. The standard InChI is InChI=1S/C22H19N3O2/c1-25(2)16-13-11-15(12-14-16)21(26)23-18-8-4-3-7-17(18)22-24-19-9-5-6-10-20(19)27-22/h3-14H,1-2H3,(H,23,26). The van der Waals surface area contributed by atoms with Crippen molar-refractivity contribution < 1.29 is 9.21 Å². The van der Waals surface area contributed by atoms with Gasteiger partial charge in [-0.15, -0.1) is 0 Å². The molecule has 0 radical (unpaired) electrons. The maximum Gasteiger partial charge on any atom is 0.255 e. The zero-order valence-corrected chi connectivity index (χ0v) is 15.1. The normalized spacial score (nSPS) is 10.7. The van der Waals surface area contributed by atoms with Crippen molar-refractivity contribution in [2.75, 3.05) is 24.3 Å². The average molecular weight is 357 g/mol. The van der Waals surface area contributed by atoms with Crippen molar-refractivity contribution in [3.8, 4) is 11.5 Å². The monoisotopic (exact) mass is 357 g/mol. The fourth-order valence-electron chi connectivity index (χ4n) is 2.87. The molecule has 134 valence electrons. The van der Waals surface area contributed by atoms with E-state index < -0.39 is 0 Å². The van der Waals surface area contributed by atoms with Gasteiger partial charge < -0.3 is 14.6 Å². The molecule has 1 heterocycles. The second kappa shape index (κ2) is 6.96. The molecule has 0 aliphatic rings. The van der Waals surface area contributed by atoms with Crippen molar-refractivity contribution in [1.29, 1.82) is 0 Å². The summed E-state index contributed by atoms with van der Waals surface area (Å²) in [6, 6.07) is 22.5. The molecule has 0 saturated heterocycles. The zero-order valence-electron chi connectivity index (χ0n) is 15.1. The van der Waals surface area contributed by atoms with Crippen LogP contribution in [0.4, 0.5) is 11.4 Å². The number of nitrogens with zero attached hydrogens (tertiary/aromatic N) is 2. The van der Waals surface area contributed by atoms with E-state index in [2.05, 4.69) is 10.3 Å². The minimum absolute atomic E-state index is 0.177. The van der Waals surface area contributed by atoms with Crippen LogP contribution < -0.4 is 10.2 Å². The summed E-state index contributed by atoms with van der Waals surface area (Å²) >= 11 is 0. The van der Waals surface area contributed by atoms with E-state index >= 15 is 0 Å². The first-order valence-electron chi connectivity index (χ1n) is 8.65. The van der Waals surface area contributed by atoms with E-state index in [9.17, 15) is 4.79 Å². The van der Waals surface area contributed by atoms with Crippen LogP contribution in [0.1, 0.15) is 10.4 Å². The van der Waals surface area contributed by atoms with Crippen molar-refractivity contribution >= 4 is 28.4 Å². The molecule has 4 rings (SSSR count). The molecule has 5 nitrogen and oxygen atoms in total. The van der Waals surface area contributed by atoms with Gasteiger partial charge in [0.25, 0.3) is 5.91 Å². The molecular weight excluding hydrogens is 338 g/mol. The van der Waals surface area contributed by atoms with Gasteiger partial charge in [-0.3, -0.25) is 4.79 Å². The van der Waals surface area contributed by atoms with Gasteiger partial charge in [-0.1, -0.05) is 24.3 Å².